The van der Waals surface area contributed by atoms with Crippen LogP contribution in [0.15, 0.2) is 34.8 Å². The number of rotatable bonds is 2. The van der Waals surface area contributed by atoms with Crippen LogP contribution in [0.4, 0.5) is 8.78 Å². The maximum Gasteiger partial charge on any atom is 0.196 e. The van der Waals surface area contributed by atoms with E-state index in [4.69, 9.17) is 11.6 Å². The molecular weight excluding hydrogens is 338 g/mol. The summed E-state index contributed by atoms with van der Waals surface area (Å²) in [7, 11) is 0. The standard InChI is InChI=1S/C14H8BrClF2O/c1-7-2-8(4-9(17)3-7)14(19)10-5-12(16)11(15)6-13(10)18/h2-6H,1H3. The maximum absolute atomic E-state index is 13.8. The maximum atomic E-state index is 13.8. The number of carbonyl (C=O) groups excluding carboxylic acids is 1. The second-order valence-electron chi connectivity index (χ2n) is 4.09. The Labute approximate surface area is 122 Å². The van der Waals surface area contributed by atoms with Crippen LogP contribution < -0.4 is 0 Å². The average molecular weight is 346 g/mol. The van der Waals surface area contributed by atoms with Crippen molar-refractivity contribution in [1.82, 2.24) is 0 Å². The van der Waals surface area contributed by atoms with E-state index in [1.165, 1.54) is 18.2 Å². The second kappa shape index (κ2) is 5.39. The Morgan fingerprint density at radius 1 is 1.16 bits per heavy atom. The molecule has 0 fully saturated rings. The number of carbonyl (C=O) groups is 1. The summed E-state index contributed by atoms with van der Waals surface area (Å²) in [6.07, 6.45) is 0. The Bertz CT molecular complexity index is 650. The Morgan fingerprint density at radius 2 is 1.84 bits per heavy atom. The van der Waals surface area contributed by atoms with Crippen molar-refractivity contribution < 1.29 is 13.6 Å². The van der Waals surface area contributed by atoms with Gasteiger partial charge in [-0.05, 0) is 58.7 Å². The van der Waals surface area contributed by atoms with Gasteiger partial charge < -0.3 is 0 Å². The topological polar surface area (TPSA) is 17.1 Å². The number of aryl methyl sites for hydroxylation is 1. The summed E-state index contributed by atoms with van der Waals surface area (Å²) < 4.78 is 27.4. The molecule has 2 rings (SSSR count). The predicted octanol–water partition coefficient (Wildman–Crippen LogP) is 4.92. The molecule has 98 valence electrons. The zero-order valence-electron chi connectivity index (χ0n) is 9.81. The first-order chi connectivity index (χ1) is 8.88. The Morgan fingerprint density at radius 3 is 2.47 bits per heavy atom. The van der Waals surface area contributed by atoms with E-state index in [9.17, 15) is 13.6 Å². The van der Waals surface area contributed by atoms with Crippen LogP contribution in [-0.2, 0) is 0 Å². The fraction of sp³-hybridized carbons (Fsp3) is 0.0714. The van der Waals surface area contributed by atoms with Gasteiger partial charge in [-0.15, -0.1) is 0 Å². The van der Waals surface area contributed by atoms with Gasteiger partial charge in [0.1, 0.15) is 11.6 Å². The minimum absolute atomic E-state index is 0.0924. The van der Waals surface area contributed by atoms with Crippen molar-refractivity contribution in [2.75, 3.05) is 0 Å². The molecule has 19 heavy (non-hydrogen) atoms. The zero-order chi connectivity index (χ0) is 14.2. The molecule has 0 radical (unpaired) electrons. The lowest BCUT2D eigenvalue weighted by Gasteiger charge is -2.06. The van der Waals surface area contributed by atoms with Crippen molar-refractivity contribution in [3.8, 4) is 0 Å². The highest BCUT2D eigenvalue weighted by atomic mass is 79.9. The van der Waals surface area contributed by atoms with Crippen LogP contribution in [0.3, 0.4) is 0 Å². The van der Waals surface area contributed by atoms with Gasteiger partial charge in [-0.1, -0.05) is 11.6 Å². The summed E-state index contributed by atoms with van der Waals surface area (Å²) >= 11 is 8.91. The van der Waals surface area contributed by atoms with Crippen LogP contribution in [0.25, 0.3) is 0 Å². The van der Waals surface area contributed by atoms with E-state index in [-0.39, 0.29) is 16.1 Å². The predicted molar refractivity (Wildman–Crippen MR) is 73.7 cm³/mol. The van der Waals surface area contributed by atoms with Gasteiger partial charge >= 0.3 is 0 Å². The van der Waals surface area contributed by atoms with Crippen molar-refractivity contribution in [2.45, 2.75) is 6.92 Å². The summed E-state index contributed by atoms with van der Waals surface area (Å²) in [5.74, 6) is -1.84. The first-order valence-corrected chi connectivity index (χ1v) is 6.52. The molecule has 0 amide bonds. The van der Waals surface area contributed by atoms with Crippen molar-refractivity contribution in [3.05, 3.63) is 68.2 Å². The van der Waals surface area contributed by atoms with Gasteiger partial charge in [0.25, 0.3) is 0 Å². The summed E-state index contributed by atoms with van der Waals surface area (Å²) in [6.45, 7) is 1.66. The third-order valence-corrected chi connectivity index (χ3v) is 3.76. The first-order valence-electron chi connectivity index (χ1n) is 5.35. The molecule has 0 N–H and O–H groups in total. The Hall–Kier alpha value is -1.26. The lowest BCUT2D eigenvalue weighted by Crippen LogP contribution is -2.05. The van der Waals surface area contributed by atoms with E-state index >= 15 is 0 Å². The number of hydrogen-bond acceptors (Lipinski definition) is 1. The van der Waals surface area contributed by atoms with Gasteiger partial charge in [0.2, 0.25) is 0 Å². The van der Waals surface area contributed by atoms with Crippen molar-refractivity contribution in [2.24, 2.45) is 0 Å². The molecule has 5 heteroatoms. The van der Waals surface area contributed by atoms with Crippen LogP contribution in [0, 0.1) is 18.6 Å². The largest absolute Gasteiger partial charge is 0.288 e. The fourth-order valence-electron chi connectivity index (χ4n) is 1.72. The highest BCUT2D eigenvalue weighted by Gasteiger charge is 2.17. The quantitative estimate of drug-likeness (QED) is 0.558. The minimum atomic E-state index is -0.705. The molecule has 0 saturated carbocycles. The zero-order valence-corrected chi connectivity index (χ0v) is 12.1. The first kappa shape index (κ1) is 14.2. The lowest BCUT2D eigenvalue weighted by atomic mass is 10.0. The minimum Gasteiger partial charge on any atom is -0.288 e. The molecule has 0 spiro atoms. The number of benzene rings is 2. The van der Waals surface area contributed by atoms with E-state index < -0.39 is 17.4 Å². The molecule has 2 aromatic carbocycles. The summed E-state index contributed by atoms with van der Waals surface area (Å²) in [5, 5.41) is 0.220. The van der Waals surface area contributed by atoms with Gasteiger partial charge in [-0.2, -0.15) is 0 Å². The molecule has 0 aliphatic heterocycles. The van der Waals surface area contributed by atoms with E-state index in [0.29, 0.717) is 10.0 Å². The third kappa shape index (κ3) is 3.01. The van der Waals surface area contributed by atoms with Gasteiger partial charge in [0, 0.05) is 10.0 Å². The van der Waals surface area contributed by atoms with E-state index in [0.717, 1.165) is 12.1 Å². The highest BCUT2D eigenvalue weighted by molar-refractivity contribution is 9.10. The molecule has 1 nitrogen and oxygen atoms in total. The van der Waals surface area contributed by atoms with Gasteiger partial charge in [-0.25, -0.2) is 8.78 Å². The van der Waals surface area contributed by atoms with Gasteiger partial charge in [0.15, 0.2) is 5.78 Å². The molecule has 0 heterocycles. The molecule has 0 atom stereocenters. The van der Waals surface area contributed by atoms with Gasteiger partial charge in [-0.3, -0.25) is 4.79 Å². The van der Waals surface area contributed by atoms with E-state index in [1.54, 1.807) is 6.92 Å². The normalized spacial score (nSPS) is 10.6. The fourth-order valence-corrected chi connectivity index (χ4v) is 2.20. The van der Waals surface area contributed by atoms with Crippen LogP contribution in [0.2, 0.25) is 5.02 Å². The molecule has 0 aliphatic rings. The summed E-state index contributed by atoms with van der Waals surface area (Å²) in [4.78, 5) is 12.2. The molecule has 0 saturated heterocycles. The molecule has 0 aliphatic carbocycles. The van der Waals surface area contributed by atoms with Crippen molar-refractivity contribution in [1.29, 1.82) is 0 Å². The average Bonchev–Trinajstić information content (AvgIpc) is 2.31. The van der Waals surface area contributed by atoms with Crippen LogP contribution in [0.5, 0.6) is 0 Å². The molecular formula is C14H8BrClF2O. The highest BCUT2D eigenvalue weighted by Crippen LogP contribution is 2.27. The number of ketones is 1. The lowest BCUT2D eigenvalue weighted by molar-refractivity contribution is 0.103. The molecule has 0 aromatic heterocycles. The molecule has 2 aromatic rings. The summed E-state index contributed by atoms with van der Waals surface area (Å²) in [5.41, 5.74) is 0.500. The van der Waals surface area contributed by atoms with Crippen molar-refractivity contribution >= 4 is 33.3 Å². The summed E-state index contributed by atoms with van der Waals surface area (Å²) in [6, 6.07) is 6.21. The van der Waals surface area contributed by atoms with Gasteiger partial charge in [0.05, 0.1) is 10.6 Å². The Kier molecular flexibility index (Phi) is 4.02. The van der Waals surface area contributed by atoms with E-state index in [2.05, 4.69) is 15.9 Å². The third-order valence-electron chi connectivity index (χ3n) is 2.56. The second-order valence-corrected chi connectivity index (χ2v) is 5.35. The molecule has 0 unspecified atom stereocenters. The number of hydrogen-bond donors (Lipinski definition) is 0. The van der Waals surface area contributed by atoms with Crippen LogP contribution in [-0.4, -0.2) is 5.78 Å². The smallest absolute Gasteiger partial charge is 0.196 e. The van der Waals surface area contributed by atoms with Crippen LogP contribution in [0.1, 0.15) is 21.5 Å². The van der Waals surface area contributed by atoms with Crippen molar-refractivity contribution in [3.63, 3.8) is 0 Å². The Balaban J connectivity index is 2.53. The monoisotopic (exact) mass is 344 g/mol. The SMILES string of the molecule is Cc1cc(F)cc(C(=O)c2cc(Cl)c(Br)cc2F)c1. The van der Waals surface area contributed by atoms with Crippen LogP contribution >= 0.6 is 27.5 Å². The number of halogens is 4. The van der Waals surface area contributed by atoms with E-state index in [1.807, 2.05) is 0 Å². The molecule has 0 bridgehead atoms.